The second-order valence-corrected chi connectivity index (χ2v) is 4.45. The number of pyridine rings is 1. The van der Waals surface area contributed by atoms with Crippen molar-refractivity contribution in [1.29, 1.82) is 0 Å². The summed E-state index contributed by atoms with van der Waals surface area (Å²) in [6.45, 7) is 1.08. The zero-order chi connectivity index (χ0) is 14.8. The van der Waals surface area contributed by atoms with Crippen LogP contribution in [0.4, 0.5) is 19.0 Å². The molecule has 2 rings (SSSR count). The fourth-order valence-electron chi connectivity index (χ4n) is 2.05. The van der Waals surface area contributed by atoms with Gasteiger partial charge in [-0.1, -0.05) is 0 Å². The van der Waals surface area contributed by atoms with Crippen molar-refractivity contribution in [3.8, 4) is 12.3 Å². The number of aromatic nitrogens is 1. The van der Waals surface area contributed by atoms with Crippen molar-refractivity contribution < 1.29 is 18.0 Å². The van der Waals surface area contributed by atoms with Crippen LogP contribution in [0.3, 0.4) is 0 Å². The fraction of sp³-hybridized carbons (Fsp3) is 0.385. The molecule has 0 saturated carbocycles. The van der Waals surface area contributed by atoms with E-state index in [1.54, 1.807) is 0 Å². The second kappa shape index (κ2) is 5.41. The molecule has 4 nitrogen and oxygen atoms in total. The van der Waals surface area contributed by atoms with Crippen LogP contribution in [0, 0.1) is 12.3 Å². The van der Waals surface area contributed by atoms with Crippen molar-refractivity contribution >= 4 is 11.7 Å². The van der Waals surface area contributed by atoms with Crippen LogP contribution in [0.25, 0.3) is 0 Å². The molecule has 0 radical (unpaired) electrons. The number of hydrogen-bond acceptors (Lipinski definition) is 3. The van der Waals surface area contributed by atoms with E-state index in [0.717, 1.165) is 12.3 Å². The number of nitrogens with one attached hydrogen (secondary N) is 1. The van der Waals surface area contributed by atoms with E-state index in [0.29, 0.717) is 25.3 Å². The molecular formula is C13H12F3N3O. The lowest BCUT2D eigenvalue weighted by molar-refractivity contribution is -0.137. The maximum Gasteiger partial charge on any atom is 0.417 e. The molecule has 1 aliphatic rings. The zero-order valence-corrected chi connectivity index (χ0v) is 10.4. The number of halogens is 3. The van der Waals surface area contributed by atoms with E-state index in [4.69, 9.17) is 6.42 Å². The Balaban J connectivity index is 2.00. The van der Waals surface area contributed by atoms with Gasteiger partial charge in [0.25, 0.3) is 5.91 Å². The third kappa shape index (κ3) is 3.20. The number of alkyl halides is 3. The fourth-order valence-corrected chi connectivity index (χ4v) is 2.05. The van der Waals surface area contributed by atoms with Gasteiger partial charge < -0.3 is 10.2 Å². The van der Waals surface area contributed by atoms with Gasteiger partial charge in [0.2, 0.25) is 0 Å². The van der Waals surface area contributed by atoms with Gasteiger partial charge >= 0.3 is 6.18 Å². The average molecular weight is 283 g/mol. The normalized spacial score (nSPS) is 18.7. The van der Waals surface area contributed by atoms with Crippen LogP contribution in [0.5, 0.6) is 0 Å². The number of carbonyl (C=O) groups is 1. The molecule has 20 heavy (non-hydrogen) atoms. The van der Waals surface area contributed by atoms with Gasteiger partial charge in [-0.05, 0) is 24.5 Å². The molecular weight excluding hydrogens is 271 g/mol. The van der Waals surface area contributed by atoms with Crippen LogP contribution in [-0.2, 0) is 11.0 Å². The molecule has 1 saturated heterocycles. The summed E-state index contributed by atoms with van der Waals surface area (Å²) >= 11 is 0. The van der Waals surface area contributed by atoms with Gasteiger partial charge in [0.15, 0.2) is 0 Å². The average Bonchev–Trinajstić information content (AvgIpc) is 2.86. The lowest BCUT2D eigenvalue weighted by atomic mass is 10.2. The predicted octanol–water partition coefficient (Wildman–Crippen LogP) is 1.43. The monoisotopic (exact) mass is 283 g/mol. The topological polar surface area (TPSA) is 45.2 Å². The Morgan fingerprint density at radius 2 is 2.25 bits per heavy atom. The number of anilines is 1. The molecule has 1 amide bonds. The SMILES string of the molecule is C#CC(=O)NC1CCN(c2ccc(C(F)(F)F)cn2)C1. The van der Waals surface area contributed by atoms with Gasteiger partial charge in [-0.3, -0.25) is 4.79 Å². The van der Waals surface area contributed by atoms with E-state index in [1.807, 2.05) is 10.8 Å². The first-order valence-electron chi connectivity index (χ1n) is 5.95. The molecule has 1 N–H and O–H groups in total. The maximum atomic E-state index is 12.4. The molecule has 106 valence electrons. The Hall–Kier alpha value is -2.23. The highest BCUT2D eigenvalue weighted by atomic mass is 19.4. The molecule has 1 aliphatic heterocycles. The quantitative estimate of drug-likeness (QED) is 0.835. The van der Waals surface area contributed by atoms with E-state index >= 15 is 0 Å². The van der Waals surface area contributed by atoms with E-state index in [-0.39, 0.29) is 6.04 Å². The van der Waals surface area contributed by atoms with Crippen LogP contribution >= 0.6 is 0 Å². The number of amides is 1. The Bertz CT molecular complexity index is 533. The van der Waals surface area contributed by atoms with Crippen molar-refractivity contribution in [2.45, 2.75) is 18.6 Å². The highest BCUT2D eigenvalue weighted by Crippen LogP contribution is 2.29. The third-order valence-electron chi connectivity index (χ3n) is 3.05. The van der Waals surface area contributed by atoms with E-state index in [1.165, 1.54) is 6.07 Å². The molecule has 0 bridgehead atoms. The molecule has 1 fully saturated rings. The van der Waals surface area contributed by atoms with Gasteiger partial charge in [0.1, 0.15) is 5.82 Å². The van der Waals surface area contributed by atoms with Crippen molar-refractivity contribution in [3.63, 3.8) is 0 Å². The largest absolute Gasteiger partial charge is 0.417 e. The maximum absolute atomic E-state index is 12.4. The minimum absolute atomic E-state index is 0.109. The zero-order valence-electron chi connectivity index (χ0n) is 10.4. The van der Waals surface area contributed by atoms with Gasteiger partial charge in [-0.2, -0.15) is 13.2 Å². The first kappa shape index (κ1) is 14.2. The first-order valence-corrected chi connectivity index (χ1v) is 5.95. The van der Waals surface area contributed by atoms with Crippen LogP contribution in [-0.4, -0.2) is 30.0 Å². The van der Waals surface area contributed by atoms with Crippen LogP contribution in [0.1, 0.15) is 12.0 Å². The molecule has 0 aromatic carbocycles. The van der Waals surface area contributed by atoms with Crippen LogP contribution in [0.2, 0.25) is 0 Å². The lowest BCUT2D eigenvalue weighted by Crippen LogP contribution is -2.36. The smallest absolute Gasteiger partial charge is 0.354 e. The Morgan fingerprint density at radius 1 is 1.50 bits per heavy atom. The van der Waals surface area contributed by atoms with E-state index in [9.17, 15) is 18.0 Å². The Labute approximate surface area is 114 Å². The molecule has 1 unspecified atom stereocenters. The molecule has 0 aliphatic carbocycles. The highest BCUT2D eigenvalue weighted by molar-refractivity contribution is 5.93. The lowest BCUT2D eigenvalue weighted by Gasteiger charge is -2.18. The standard InChI is InChI=1S/C13H12F3N3O/c1-2-12(20)18-10-5-6-19(8-10)11-4-3-9(7-17-11)13(14,15)16/h1,3-4,7,10H,5-6,8H2,(H,18,20). The van der Waals surface area contributed by atoms with Gasteiger partial charge in [0, 0.05) is 25.3 Å². The Kier molecular flexibility index (Phi) is 3.84. The minimum Gasteiger partial charge on any atom is -0.354 e. The molecule has 1 aromatic heterocycles. The number of nitrogens with zero attached hydrogens (tertiary/aromatic N) is 2. The summed E-state index contributed by atoms with van der Waals surface area (Å²) in [5.74, 6) is 1.93. The highest BCUT2D eigenvalue weighted by Gasteiger charge is 2.31. The predicted molar refractivity (Wildman–Crippen MR) is 66.8 cm³/mol. The number of hydrogen-bond donors (Lipinski definition) is 1. The van der Waals surface area contributed by atoms with Gasteiger partial charge in [0.05, 0.1) is 5.56 Å². The third-order valence-corrected chi connectivity index (χ3v) is 3.05. The molecule has 1 atom stereocenters. The van der Waals surface area contributed by atoms with Crippen LogP contribution < -0.4 is 10.2 Å². The van der Waals surface area contributed by atoms with Gasteiger partial charge in [-0.15, -0.1) is 6.42 Å². The first-order chi connectivity index (χ1) is 9.40. The summed E-state index contributed by atoms with van der Waals surface area (Å²) < 4.78 is 37.3. The Morgan fingerprint density at radius 3 is 2.80 bits per heavy atom. The number of terminal acetylenes is 1. The molecule has 1 aromatic rings. The van der Waals surface area contributed by atoms with E-state index in [2.05, 4.69) is 10.3 Å². The van der Waals surface area contributed by atoms with Crippen molar-refractivity contribution in [1.82, 2.24) is 10.3 Å². The summed E-state index contributed by atoms with van der Waals surface area (Å²) in [5.41, 5.74) is -0.780. The molecule has 2 heterocycles. The van der Waals surface area contributed by atoms with Crippen molar-refractivity contribution in [2.24, 2.45) is 0 Å². The minimum atomic E-state index is -4.39. The van der Waals surface area contributed by atoms with Crippen LogP contribution in [0.15, 0.2) is 18.3 Å². The number of carbonyl (C=O) groups excluding carboxylic acids is 1. The van der Waals surface area contributed by atoms with Crippen molar-refractivity contribution in [3.05, 3.63) is 23.9 Å². The summed E-state index contributed by atoms with van der Waals surface area (Å²) in [6, 6.07) is 2.21. The van der Waals surface area contributed by atoms with Gasteiger partial charge in [-0.25, -0.2) is 4.98 Å². The molecule has 7 heteroatoms. The molecule has 0 spiro atoms. The van der Waals surface area contributed by atoms with Crippen molar-refractivity contribution in [2.75, 3.05) is 18.0 Å². The van der Waals surface area contributed by atoms with E-state index < -0.39 is 17.6 Å². The summed E-state index contributed by atoms with van der Waals surface area (Å²) in [5, 5.41) is 2.64. The summed E-state index contributed by atoms with van der Waals surface area (Å²) in [7, 11) is 0. The summed E-state index contributed by atoms with van der Waals surface area (Å²) in [4.78, 5) is 16.7. The second-order valence-electron chi connectivity index (χ2n) is 4.45. The number of rotatable bonds is 2. The summed E-state index contributed by atoms with van der Waals surface area (Å²) in [6.07, 6.45) is 2.05.